The van der Waals surface area contributed by atoms with Crippen LogP contribution >= 0.6 is 0 Å². The zero-order valence-corrected chi connectivity index (χ0v) is 14.5. The Labute approximate surface area is 140 Å². The van der Waals surface area contributed by atoms with Crippen LogP contribution in [0.25, 0.3) is 0 Å². The van der Waals surface area contributed by atoms with E-state index in [0.29, 0.717) is 12.6 Å². The van der Waals surface area contributed by atoms with Gasteiger partial charge in [0, 0.05) is 37.9 Å². The van der Waals surface area contributed by atoms with E-state index in [1.165, 1.54) is 44.7 Å². The first kappa shape index (κ1) is 16.3. The van der Waals surface area contributed by atoms with Crippen molar-refractivity contribution >= 4 is 5.69 Å². The van der Waals surface area contributed by atoms with Crippen LogP contribution in [0, 0.1) is 0 Å². The fourth-order valence-corrected chi connectivity index (χ4v) is 3.36. The predicted octanol–water partition coefficient (Wildman–Crippen LogP) is 2.96. The number of benzene rings is 1. The van der Waals surface area contributed by atoms with E-state index in [0.717, 1.165) is 23.6 Å². The maximum absolute atomic E-state index is 5.64. The molecule has 1 aromatic rings. The fourth-order valence-electron chi connectivity index (χ4n) is 3.36. The highest BCUT2D eigenvalue weighted by Crippen LogP contribution is 2.30. The summed E-state index contributed by atoms with van der Waals surface area (Å²) in [5.74, 6) is 0.936. The summed E-state index contributed by atoms with van der Waals surface area (Å²) in [6, 6.07) is 7.14. The van der Waals surface area contributed by atoms with E-state index in [4.69, 9.17) is 4.74 Å². The van der Waals surface area contributed by atoms with Crippen molar-refractivity contribution in [2.75, 3.05) is 44.6 Å². The number of rotatable bonds is 5. The summed E-state index contributed by atoms with van der Waals surface area (Å²) in [5.41, 5.74) is 3.36. The van der Waals surface area contributed by atoms with Crippen molar-refractivity contribution in [3.8, 4) is 5.75 Å². The highest BCUT2D eigenvalue weighted by Gasteiger charge is 2.18. The van der Waals surface area contributed by atoms with Crippen LogP contribution in [0.3, 0.4) is 0 Å². The third kappa shape index (κ3) is 4.27. The van der Waals surface area contributed by atoms with Crippen LogP contribution in [0.15, 0.2) is 30.5 Å². The van der Waals surface area contributed by atoms with Crippen molar-refractivity contribution in [3.63, 3.8) is 0 Å². The summed E-state index contributed by atoms with van der Waals surface area (Å²) >= 11 is 0. The van der Waals surface area contributed by atoms with Crippen LogP contribution in [0.1, 0.15) is 25.8 Å². The molecular weight excluding hydrogens is 286 g/mol. The Morgan fingerprint density at radius 2 is 2.00 bits per heavy atom. The standard InChI is InChI=1S/C19H29N3O/c1-15(2)22-11-9-21(10-12-22)8-4-5-17-6-7-19-18(13-17)20-16(3)14-23-19/h6-7,13,15,20H,3-5,8-12,14H2,1-2H3. The van der Waals surface area contributed by atoms with Gasteiger partial charge < -0.3 is 15.0 Å². The van der Waals surface area contributed by atoms with Gasteiger partial charge in [0.2, 0.25) is 0 Å². The summed E-state index contributed by atoms with van der Waals surface area (Å²) in [7, 11) is 0. The molecule has 4 heteroatoms. The third-order valence-corrected chi connectivity index (χ3v) is 4.83. The Hall–Kier alpha value is -1.52. The molecule has 2 aliphatic heterocycles. The quantitative estimate of drug-likeness (QED) is 0.904. The molecule has 0 bridgehead atoms. The van der Waals surface area contributed by atoms with E-state index in [9.17, 15) is 0 Å². The SMILES string of the molecule is C=C1COc2ccc(CCCN3CCN(C(C)C)CC3)cc2N1. The van der Waals surface area contributed by atoms with Crippen molar-refractivity contribution in [2.24, 2.45) is 0 Å². The average Bonchev–Trinajstić information content (AvgIpc) is 2.55. The number of hydrogen-bond acceptors (Lipinski definition) is 4. The first-order chi connectivity index (χ1) is 11.1. The van der Waals surface area contributed by atoms with Crippen molar-refractivity contribution in [1.29, 1.82) is 0 Å². The average molecular weight is 315 g/mol. The van der Waals surface area contributed by atoms with Gasteiger partial charge in [-0.25, -0.2) is 0 Å². The summed E-state index contributed by atoms with van der Waals surface area (Å²) in [6.07, 6.45) is 2.33. The second kappa shape index (κ2) is 7.37. The summed E-state index contributed by atoms with van der Waals surface area (Å²) in [5, 5.41) is 3.32. The molecule has 2 aliphatic rings. The van der Waals surface area contributed by atoms with Crippen LogP contribution < -0.4 is 10.1 Å². The maximum Gasteiger partial charge on any atom is 0.143 e. The second-order valence-corrected chi connectivity index (χ2v) is 6.92. The number of hydrogen-bond donors (Lipinski definition) is 1. The number of aryl methyl sites for hydroxylation is 1. The Morgan fingerprint density at radius 1 is 1.22 bits per heavy atom. The number of anilines is 1. The topological polar surface area (TPSA) is 27.7 Å². The Balaban J connectivity index is 1.44. The molecule has 1 aromatic carbocycles. The van der Waals surface area contributed by atoms with Gasteiger partial charge in [-0.2, -0.15) is 0 Å². The third-order valence-electron chi connectivity index (χ3n) is 4.83. The fraction of sp³-hybridized carbons (Fsp3) is 0.579. The largest absolute Gasteiger partial charge is 0.485 e. The molecule has 126 valence electrons. The van der Waals surface area contributed by atoms with Gasteiger partial charge in [-0.1, -0.05) is 12.6 Å². The number of ether oxygens (including phenoxy) is 1. The van der Waals surface area contributed by atoms with Gasteiger partial charge in [0.1, 0.15) is 12.4 Å². The predicted molar refractivity (Wildman–Crippen MR) is 96.2 cm³/mol. The molecule has 0 atom stereocenters. The highest BCUT2D eigenvalue weighted by molar-refractivity contribution is 5.62. The van der Waals surface area contributed by atoms with E-state index in [2.05, 4.69) is 53.7 Å². The Bertz CT molecular complexity index is 548. The maximum atomic E-state index is 5.64. The lowest BCUT2D eigenvalue weighted by Gasteiger charge is -2.36. The van der Waals surface area contributed by atoms with Crippen LogP contribution in [-0.4, -0.2) is 55.2 Å². The van der Waals surface area contributed by atoms with E-state index >= 15 is 0 Å². The zero-order valence-electron chi connectivity index (χ0n) is 14.5. The van der Waals surface area contributed by atoms with Gasteiger partial charge in [-0.3, -0.25) is 4.90 Å². The van der Waals surface area contributed by atoms with Crippen molar-refractivity contribution in [1.82, 2.24) is 9.80 Å². The number of nitrogens with zero attached hydrogens (tertiary/aromatic N) is 2. The minimum absolute atomic E-state index is 0.564. The lowest BCUT2D eigenvalue weighted by Crippen LogP contribution is -2.48. The van der Waals surface area contributed by atoms with E-state index in [-0.39, 0.29) is 0 Å². The van der Waals surface area contributed by atoms with Crippen molar-refractivity contribution < 1.29 is 4.74 Å². The monoisotopic (exact) mass is 315 g/mol. The molecular formula is C19H29N3O. The van der Waals surface area contributed by atoms with Gasteiger partial charge in [0.05, 0.1) is 5.69 Å². The second-order valence-electron chi connectivity index (χ2n) is 6.92. The van der Waals surface area contributed by atoms with Crippen LogP contribution in [-0.2, 0) is 6.42 Å². The first-order valence-corrected chi connectivity index (χ1v) is 8.79. The van der Waals surface area contributed by atoms with E-state index in [1.807, 2.05) is 0 Å². The first-order valence-electron chi connectivity index (χ1n) is 8.79. The summed E-state index contributed by atoms with van der Waals surface area (Å²) in [4.78, 5) is 5.17. The number of nitrogens with one attached hydrogen (secondary N) is 1. The molecule has 3 rings (SSSR count). The molecule has 0 aliphatic carbocycles. The molecule has 0 aromatic heterocycles. The molecule has 1 saturated heterocycles. The number of piperazine rings is 1. The van der Waals surface area contributed by atoms with Crippen LogP contribution in [0.2, 0.25) is 0 Å². The minimum atomic E-state index is 0.564. The summed E-state index contributed by atoms with van der Waals surface area (Å²) in [6.45, 7) is 15.1. The van der Waals surface area contributed by atoms with Gasteiger partial charge in [-0.15, -0.1) is 0 Å². The molecule has 0 amide bonds. The number of fused-ring (bicyclic) bond motifs is 1. The molecule has 0 saturated carbocycles. The van der Waals surface area contributed by atoms with Crippen LogP contribution in [0.4, 0.5) is 5.69 Å². The smallest absolute Gasteiger partial charge is 0.143 e. The molecule has 0 spiro atoms. The van der Waals surface area contributed by atoms with Gasteiger partial charge in [0.15, 0.2) is 0 Å². The molecule has 0 unspecified atom stereocenters. The van der Waals surface area contributed by atoms with Gasteiger partial charge in [0.25, 0.3) is 0 Å². The molecule has 0 radical (unpaired) electrons. The highest BCUT2D eigenvalue weighted by atomic mass is 16.5. The minimum Gasteiger partial charge on any atom is -0.485 e. The Kier molecular flexibility index (Phi) is 5.23. The zero-order chi connectivity index (χ0) is 16.2. The molecule has 23 heavy (non-hydrogen) atoms. The van der Waals surface area contributed by atoms with Crippen molar-refractivity contribution in [2.45, 2.75) is 32.7 Å². The molecule has 4 nitrogen and oxygen atoms in total. The lowest BCUT2D eigenvalue weighted by molar-refractivity contribution is 0.108. The van der Waals surface area contributed by atoms with Gasteiger partial charge >= 0.3 is 0 Å². The Morgan fingerprint density at radius 3 is 2.74 bits per heavy atom. The van der Waals surface area contributed by atoms with E-state index < -0.39 is 0 Å². The normalized spacial score (nSPS) is 19.3. The molecule has 1 N–H and O–H groups in total. The molecule has 2 heterocycles. The molecule has 1 fully saturated rings. The van der Waals surface area contributed by atoms with E-state index in [1.54, 1.807) is 0 Å². The van der Waals surface area contributed by atoms with Crippen LogP contribution in [0.5, 0.6) is 5.75 Å². The summed E-state index contributed by atoms with van der Waals surface area (Å²) < 4.78 is 5.64. The van der Waals surface area contributed by atoms with Crippen molar-refractivity contribution in [3.05, 3.63) is 36.0 Å². The van der Waals surface area contributed by atoms with Gasteiger partial charge in [-0.05, 0) is 50.9 Å². The lowest BCUT2D eigenvalue weighted by atomic mass is 10.1.